The molecule has 0 aliphatic rings. The number of para-hydroxylation sites is 1. The third kappa shape index (κ3) is 12.6. The quantitative estimate of drug-likeness (QED) is 0.0406. The maximum Gasteiger partial charge on any atom is 0.405 e. The predicted octanol–water partition coefficient (Wildman–Crippen LogP) is 6.94. The number of fused-ring (bicyclic) bond motifs is 1. The van der Waals surface area contributed by atoms with E-state index in [1.165, 1.54) is 32.2 Å². The van der Waals surface area contributed by atoms with Crippen molar-refractivity contribution in [3.63, 3.8) is 0 Å². The molecule has 22 nitrogen and oxygen atoms in total. The fourth-order valence-electron chi connectivity index (χ4n) is 8.77. The third-order valence-electron chi connectivity index (χ3n) is 12.5. The molecule has 24 heteroatoms. The number of sulfonamides is 2. The number of hydrogen-bond acceptors (Lipinski definition) is 14. The van der Waals surface area contributed by atoms with Crippen molar-refractivity contribution in [3.05, 3.63) is 120 Å². The molecule has 0 bridgehead atoms. The number of amides is 2. The Morgan fingerprint density at radius 1 is 0.707 bits per heavy atom. The van der Waals surface area contributed by atoms with E-state index in [1.54, 1.807) is 133 Å². The molecule has 0 saturated carbocycles. The van der Waals surface area contributed by atoms with E-state index in [4.69, 9.17) is 25.0 Å². The van der Waals surface area contributed by atoms with Crippen LogP contribution in [0.5, 0.6) is 17.2 Å². The monoisotopic (exact) mass is 1070 g/mol. The Labute approximate surface area is 434 Å². The number of tetrazole rings is 1. The minimum atomic E-state index is -5.19. The molecule has 75 heavy (non-hydrogen) atoms. The zero-order valence-corrected chi connectivity index (χ0v) is 44.4. The Kier molecular flexibility index (Phi) is 16.1. The molecule has 2 heterocycles. The van der Waals surface area contributed by atoms with Gasteiger partial charge < -0.3 is 45.8 Å². The summed E-state index contributed by atoms with van der Waals surface area (Å²) in [6.45, 7) is 9.33. The molecule has 0 aliphatic heterocycles. The summed E-state index contributed by atoms with van der Waals surface area (Å²) in [5, 5.41) is 38.6. The molecule has 398 valence electrons. The second-order valence-corrected chi connectivity index (χ2v) is 23.4. The molecule has 7 aromatic rings. The van der Waals surface area contributed by atoms with Crippen molar-refractivity contribution in [1.82, 2.24) is 49.8 Å². The summed E-state index contributed by atoms with van der Waals surface area (Å²) >= 11 is 0. The van der Waals surface area contributed by atoms with Crippen LogP contribution in [0.15, 0.2) is 113 Å². The first-order chi connectivity index (χ1) is 35.3. The number of rotatable bonds is 20. The SMILES string of the molecule is COc1ccc(CN(Cc2ccc(OC)cc2)S(=O)(=O)c2c(S(=O)(=O)NC(C(NC(=O)O)C(NC(=O)O)C(C)(C)C)C(C)(C)C)ccc(-c3cccc4[nH]c(N)nc34)c2-c2nnn(Cc3ccc(OC)cc3)n2)cc1. The second kappa shape index (κ2) is 22.0. The van der Waals surface area contributed by atoms with Crippen LogP contribution in [0.3, 0.4) is 0 Å². The van der Waals surface area contributed by atoms with Gasteiger partial charge in [0.05, 0.1) is 56.6 Å². The highest BCUT2D eigenvalue weighted by atomic mass is 32.2. The lowest BCUT2D eigenvalue weighted by molar-refractivity contribution is 0.120. The van der Waals surface area contributed by atoms with E-state index >= 15 is 16.8 Å². The van der Waals surface area contributed by atoms with Crippen molar-refractivity contribution in [2.45, 2.75) is 89.1 Å². The highest BCUT2D eigenvalue weighted by Gasteiger charge is 2.47. The standard InChI is InChI=1S/C51H61N11O11S2/c1-50(2,3)44(56-49(65)66)42(55-48(63)64)45(51(4,5)6)59-74(67,68)39-26-25-36(37-11-10-12-38-41(37)54-47(52)53-38)40(46-57-60-62(58-46)29-32-17-23-35(73-9)24-18-32)43(39)75(69,70)61(27-30-13-19-33(71-7)20-14-30)28-31-15-21-34(72-8)22-16-31/h10-26,42,44-45,55-56,59H,27-29H2,1-9H3,(H,63,64)(H,65,66)(H3,52,53,54). The number of ether oxygens (including phenoxy) is 3. The number of nitrogen functional groups attached to an aromatic ring is 1. The highest BCUT2D eigenvalue weighted by molar-refractivity contribution is 7.92. The smallest absolute Gasteiger partial charge is 0.405 e. The van der Waals surface area contributed by atoms with Crippen molar-refractivity contribution in [2.75, 3.05) is 27.1 Å². The zero-order valence-electron chi connectivity index (χ0n) is 42.8. The predicted molar refractivity (Wildman–Crippen MR) is 280 cm³/mol. The lowest BCUT2D eigenvalue weighted by Crippen LogP contribution is -2.67. The minimum Gasteiger partial charge on any atom is -0.497 e. The molecule has 3 unspecified atom stereocenters. The lowest BCUT2D eigenvalue weighted by atomic mass is 9.73. The van der Waals surface area contributed by atoms with Crippen LogP contribution in [-0.4, -0.2) is 113 Å². The second-order valence-electron chi connectivity index (χ2n) is 19.8. The van der Waals surface area contributed by atoms with Gasteiger partial charge in [-0.25, -0.2) is 36.1 Å². The summed E-state index contributed by atoms with van der Waals surface area (Å²) in [4.78, 5) is 32.2. The van der Waals surface area contributed by atoms with E-state index in [-0.39, 0.29) is 42.5 Å². The summed E-state index contributed by atoms with van der Waals surface area (Å²) in [7, 11) is -5.82. The number of aromatic amines is 1. The normalized spacial score (nSPS) is 13.5. The number of anilines is 1. The van der Waals surface area contributed by atoms with E-state index < -0.39 is 71.0 Å². The summed E-state index contributed by atoms with van der Waals surface area (Å²) in [5.41, 5.74) is 6.65. The molecule has 7 rings (SSSR count). The molecule has 2 aromatic heterocycles. The molecule has 2 amide bonds. The van der Waals surface area contributed by atoms with Crippen LogP contribution in [0.4, 0.5) is 15.5 Å². The van der Waals surface area contributed by atoms with Gasteiger partial charge in [0.1, 0.15) is 27.0 Å². The number of hydrogen-bond donors (Lipinski definition) is 7. The molecular formula is C51H61N11O11S2. The Bertz CT molecular complexity index is 3340. The maximum atomic E-state index is 16.5. The Hall–Kier alpha value is -7.80. The first-order valence-corrected chi connectivity index (χ1v) is 26.3. The fraction of sp³-hybridized carbons (Fsp3) is 0.333. The van der Waals surface area contributed by atoms with E-state index in [0.717, 1.165) is 15.9 Å². The number of nitrogens with zero attached hydrogens (tertiary/aromatic N) is 6. The van der Waals surface area contributed by atoms with Gasteiger partial charge in [-0.15, -0.1) is 10.2 Å². The van der Waals surface area contributed by atoms with E-state index in [9.17, 15) is 19.8 Å². The molecule has 0 spiro atoms. The first-order valence-electron chi connectivity index (χ1n) is 23.4. The van der Waals surface area contributed by atoms with Gasteiger partial charge in [0.2, 0.25) is 25.9 Å². The average Bonchev–Trinajstić information content (AvgIpc) is 4.00. The molecule has 0 radical (unpaired) electrons. The summed E-state index contributed by atoms with van der Waals surface area (Å²) in [6.07, 6.45) is -3.07. The minimum absolute atomic E-state index is 0.0467. The zero-order chi connectivity index (χ0) is 54.6. The van der Waals surface area contributed by atoms with Gasteiger partial charge in [-0.2, -0.15) is 9.10 Å². The van der Waals surface area contributed by atoms with Crippen molar-refractivity contribution < 1.29 is 50.8 Å². The number of nitrogens with one attached hydrogen (secondary N) is 4. The largest absolute Gasteiger partial charge is 0.497 e. The van der Waals surface area contributed by atoms with Gasteiger partial charge in [0, 0.05) is 24.7 Å². The van der Waals surface area contributed by atoms with Crippen LogP contribution in [0.1, 0.15) is 58.2 Å². The number of carboxylic acid groups (broad SMARTS) is 2. The molecule has 0 aliphatic carbocycles. The highest BCUT2D eigenvalue weighted by Crippen LogP contribution is 2.44. The number of aromatic nitrogens is 6. The molecule has 0 fully saturated rings. The van der Waals surface area contributed by atoms with Crippen molar-refractivity contribution >= 4 is 49.2 Å². The van der Waals surface area contributed by atoms with Crippen molar-refractivity contribution in [2.24, 2.45) is 10.8 Å². The summed E-state index contributed by atoms with van der Waals surface area (Å²) in [5.74, 6) is 1.37. The van der Waals surface area contributed by atoms with Gasteiger partial charge >= 0.3 is 12.2 Å². The molecule has 3 atom stereocenters. The van der Waals surface area contributed by atoms with Gasteiger partial charge in [-0.05, 0) is 86.8 Å². The number of benzene rings is 5. The van der Waals surface area contributed by atoms with Crippen LogP contribution in [0.2, 0.25) is 0 Å². The van der Waals surface area contributed by atoms with E-state index in [0.29, 0.717) is 45.0 Å². The van der Waals surface area contributed by atoms with Crippen LogP contribution in [-0.2, 0) is 39.7 Å². The van der Waals surface area contributed by atoms with Gasteiger partial charge in [0.25, 0.3) is 0 Å². The van der Waals surface area contributed by atoms with Crippen molar-refractivity contribution in [3.8, 4) is 39.8 Å². The number of H-pyrrole nitrogens is 1. The van der Waals surface area contributed by atoms with Gasteiger partial charge in [-0.3, -0.25) is 0 Å². The molecule has 0 saturated heterocycles. The Balaban J connectivity index is 1.56. The molecule has 5 aromatic carbocycles. The third-order valence-corrected chi connectivity index (χ3v) is 16.0. The Morgan fingerprint density at radius 3 is 1.72 bits per heavy atom. The Morgan fingerprint density at radius 2 is 1.23 bits per heavy atom. The number of nitrogens with two attached hydrogens (primary N) is 1. The maximum absolute atomic E-state index is 16.5. The van der Waals surface area contributed by atoms with Crippen molar-refractivity contribution in [1.29, 1.82) is 0 Å². The molecular weight excluding hydrogens is 1010 g/mol. The number of carbonyl (C=O) groups is 2. The number of methoxy groups -OCH3 is 3. The van der Waals surface area contributed by atoms with E-state index in [1.807, 2.05) is 0 Å². The molecule has 8 N–H and O–H groups in total. The summed E-state index contributed by atoms with van der Waals surface area (Å²) in [6, 6.07) is 23.9. The first kappa shape index (κ1) is 55.0. The van der Waals surface area contributed by atoms with Crippen LogP contribution in [0.25, 0.3) is 33.5 Å². The summed E-state index contributed by atoms with van der Waals surface area (Å²) < 4.78 is 84.5. The fourth-order valence-corrected chi connectivity index (χ4v) is 12.7. The van der Waals surface area contributed by atoms with E-state index in [2.05, 4.69) is 35.6 Å². The van der Waals surface area contributed by atoms with Crippen LogP contribution >= 0.6 is 0 Å². The van der Waals surface area contributed by atoms with Gasteiger partial charge in [-0.1, -0.05) is 96.1 Å². The topological polar surface area (TPSA) is 308 Å². The average molecular weight is 1070 g/mol. The van der Waals surface area contributed by atoms with Crippen LogP contribution in [0, 0.1) is 10.8 Å². The number of imidazole rings is 1. The van der Waals surface area contributed by atoms with Gasteiger partial charge in [0.15, 0.2) is 5.95 Å². The lowest BCUT2D eigenvalue weighted by Gasteiger charge is -2.45. The van der Waals surface area contributed by atoms with Crippen LogP contribution < -0.4 is 35.3 Å².